The average molecular weight is 351 g/mol. The van der Waals surface area contributed by atoms with Crippen LogP contribution in [0.2, 0.25) is 0 Å². The second kappa shape index (κ2) is 6.76. The second-order valence-corrected chi connectivity index (χ2v) is 6.44. The van der Waals surface area contributed by atoms with E-state index in [2.05, 4.69) is 31.8 Å². The van der Waals surface area contributed by atoms with Gasteiger partial charge in [0.2, 0.25) is 5.95 Å². The molecule has 1 fully saturated rings. The summed E-state index contributed by atoms with van der Waals surface area (Å²) in [5.41, 5.74) is 1.89. The van der Waals surface area contributed by atoms with Crippen molar-refractivity contribution in [2.75, 3.05) is 45.2 Å². The van der Waals surface area contributed by atoms with Crippen molar-refractivity contribution in [1.82, 2.24) is 19.9 Å². The molecule has 1 aliphatic rings. The fourth-order valence-corrected chi connectivity index (χ4v) is 3.31. The molecule has 0 radical (unpaired) electrons. The third kappa shape index (κ3) is 2.90. The van der Waals surface area contributed by atoms with Gasteiger partial charge < -0.3 is 14.5 Å². The van der Waals surface area contributed by atoms with Crippen LogP contribution in [0.15, 0.2) is 41.3 Å². The predicted octanol–water partition coefficient (Wildman–Crippen LogP) is 1.75. The summed E-state index contributed by atoms with van der Waals surface area (Å²) in [7, 11) is 3.71. The number of anilines is 1. The lowest BCUT2D eigenvalue weighted by Crippen LogP contribution is -2.45. The fourth-order valence-electron chi connectivity index (χ4n) is 3.31. The van der Waals surface area contributed by atoms with Crippen LogP contribution in [-0.2, 0) is 0 Å². The summed E-state index contributed by atoms with van der Waals surface area (Å²) in [4.78, 5) is 29.2. The number of methoxy groups -OCH3 is 1. The molecular weight excluding hydrogens is 330 g/mol. The molecule has 26 heavy (non-hydrogen) atoms. The fraction of sp³-hybridized carbons (Fsp3) is 0.316. The zero-order valence-corrected chi connectivity index (χ0v) is 14.9. The highest BCUT2D eigenvalue weighted by Crippen LogP contribution is 2.32. The van der Waals surface area contributed by atoms with E-state index in [4.69, 9.17) is 4.74 Å². The lowest BCUT2D eigenvalue weighted by molar-refractivity contribution is 0.311. The molecule has 3 heterocycles. The van der Waals surface area contributed by atoms with Crippen LogP contribution in [-0.4, -0.2) is 60.2 Å². The standard InChI is InChI=1S/C19H21N5O2/c1-23-9-11-24(12-10-23)19-21-17-16(18(25)22-19)14(7-8-20-17)13-5-3-4-6-15(13)26-2/h3-8H,9-12H2,1-2H3,(H,20,21,22,25). The Balaban J connectivity index is 1.84. The summed E-state index contributed by atoms with van der Waals surface area (Å²) >= 11 is 0. The van der Waals surface area contributed by atoms with E-state index in [-0.39, 0.29) is 5.56 Å². The van der Waals surface area contributed by atoms with E-state index in [9.17, 15) is 4.79 Å². The third-order valence-corrected chi connectivity index (χ3v) is 4.80. The summed E-state index contributed by atoms with van der Waals surface area (Å²) < 4.78 is 5.45. The number of nitrogens with one attached hydrogen (secondary N) is 1. The van der Waals surface area contributed by atoms with Crippen LogP contribution in [0.4, 0.5) is 5.95 Å². The number of rotatable bonds is 3. The zero-order valence-electron chi connectivity index (χ0n) is 14.9. The first-order chi connectivity index (χ1) is 12.7. The molecule has 7 heteroatoms. The van der Waals surface area contributed by atoms with Crippen molar-refractivity contribution < 1.29 is 4.74 Å². The molecule has 1 saturated heterocycles. The maximum atomic E-state index is 12.9. The van der Waals surface area contributed by atoms with Gasteiger partial charge >= 0.3 is 0 Å². The van der Waals surface area contributed by atoms with Crippen molar-refractivity contribution in [3.63, 3.8) is 0 Å². The van der Waals surface area contributed by atoms with Crippen LogP contribution in [0.5, 0.6) is 5.75 Å². The highest BCUT2D eigenvalue weighted by Gasteiger charge is 2.19. The number of fused-ring (bicyclic) bond motifs is 1. The molecule has 0 bridgehead atoms. The van der Waals surface area contributed by atoms with Crippen LogP contribution in [0.25, 0.3) is 22.2 Å². The van der Waals surface area contributed by atoms with Gasteiger partial charge in [-0.2, -0.15) is 4.98 Å². The summed E-state index contributed by atoms with van der Waals surface area (Å²) in [5, 5.41) is 0.481. The third-order valence-electron chi connectivity index (χ3n) is 4.80. The maximum Gasteiger partial charge on any atom is 0.262 e. The van der Waals surface area contributed by atoms with Crippen molar-refractivity contribution in [3.05, 3.63) is 46.9 Å². The van der Waals surface area contributed by atoms with Crippen LogP contribution >= 0.6 is 0 Å². The van der Waals surface area contributed by atoms with E-state index in [1.54, 1.807) is 13.3 Å². The monoisotopic (exact) mass is 351 g/mol. The van der Waals surface area contributed by atoms with Crippen molar-refractivity contribution in [2.24, 2.45) is 0 Å². The van der Waals surface area contributed by atoms with Gasteiger partial charge in [0.05, 0.1) is 12.5 Å². The molecule has 0 spiro atoms. The van der Waals surface area contributed by atoms with Gasteiger partial charge in [0.15, 0.2) is 5.65 Å². The van der Waals surface area contributed by atoms with Crippen LogP contribution in [0.1, 0.15) is 0 Å². The van der Waals surface area contributed by atoms with Crippen molar-refractivity contribution in [1.29, 1.82) is 0 Å². The van der Waals surface area contributed by atoms with Crippen LogP contribution in [0.3, 0.4) is 0 Å². The number of benzene rings is 1. The number of hydrogen-bond acceptors (Lipinski definition) is 6. The SMILES string of the molecule is COc1ccccc1-c1ccnc2nc(N3CCN(C)CC3)[nH]c(=O)c12. The Hall–Kier alpha value is -2.93. The molecule has 0 aliphatic carbocycles. The van der Waals surface area contributed by atoms with Gasteiger partial charge in [-0.05, 0) is 19.2 Å². The molecule has 1 N–H and O–H groups in total. The van der Waals surface area contributed by atoms with Gasteiger partial charge in [-0.3, -0.25) is 9.78 Å². The number of H-pyrrole nitrogens is 1. The minimum Gasteiger partial charge on any atom is -0.496 e. The van der Waals surface area contributed by atoms with E-state index < -0.39 is 0 Å². The van der Waals surface area contributed by atoms with Gasteiger partial charge in [0, 0.05) is 43.5 Å². The first-order valence-electron chi connectivity index (χ1n) is 8.63. The topological polar surface area (TPSA) is 74.4 Å². The smallest absolute Gasteiger partial charge is 0.262 e. The maximum absolute atomic E-state index is 12.9. The molecule has 1 aliphatic heterocycles. The second-order valence-electron chi connectivity index (χ2n) is 6.44. The number of nitrogens with zero attached hydrogens (tertiary/aromatic N) is 4. The minimum atomic E-state index is -0.182. The highest BCUT2D eigenvalue weighted by atomic mass is 16.5. The number of para-hydroxylation sites is 1. The van der Waals surface area contributed by atoms with Crippen molar-refractivity contribution >= 4 is 17.0 Å². The van der Waals surface area contributed by atoms with E-state index >= 15 is 0 Å². The number of hydrogen-bond donors (Lipinski definition) is 1. The Kier molecular flexibility index (Phi) is 4.30. The molecule has 0 unspecified atom stereocenters. The van der Waals surface area contributed by atoms with Gasteiger partial charge in [-0.25, -0.2) is 4.98 Å². The van der Waals surface area contributed by atoms with Crippen LogP contribution in [0, 0.1) is 0 Å². The Bertz CT molecular complexity index is 993. The van der Waals surface area contributed by atoms with Gasteiger partial charge in [0.1, 0.15) is 5.75 Å². The molecular formula is C19H21N5O2. The molecule has 1 aromatic carbocycles. The Morgan fingerprint density at radius 1 is 1.08 bits per heavy atom. The van der Waals surface area contributed by atoms with Gasteiger partial charge in [-0.1, -0.05) is 18.2 Å². The molecule has 0 amide bonds. The van der Waals surface area contributed by atoms with Crippen molar-refractivity contribution in [2.45, 2.75) is 0 Å². The summed E-state index contributed by atoms with van der Waals surface area (Å²) in [5.74, 6) is 1.29. The number of ether oxygens (including phenoxy) is 1. The van der Waals surface area contributed by atoms with E-state index in [1.807, 2.05) is 30.3 Å². The first kappa shape index (κ1) is 16.5. The molecule has 2 aromatic heterocycles. The molecule has 0 atom stereocenters. The van der Waals surface area contributed by atoms with Gasteiger partial charge in [-0.15, -0.1) is 0 Å². The molecule has 3 aromatic rings. The highest BCUT2D eigenvalue weighted by molar-refractivity contribution is 5.93. The molecule has 4 rings (SSSR count). The quantitative estimate of drug-likeness (QED) is 0.775. The summed E-state index contributed by atoms with van der Waals surface area (Å²) in [6.45, 7) is 3.54. The van der Waals surface area contributed by atoms with E-state index in [1.165, 1.54) is 0 Å². The summed E-state index contributed by atoms with van der Waals surface area (Å²) in [6.07, 6.45) is 1.68. The van der Waals surface area contributed by atoms with E-state index in [0.717, 1.165) is 37.3 Å². The number of likely N-dealkylation sites (N-methyl/N-ethyl adjacent to an activating group) is 1. The Labute approximate surface area is 151 Å². The van der Waals surface area contributed by atoms with Crippen molar-refractivity contribution in [3.8, 4) is 16.9 Å². The van der Waals surface area contributed by atoms with Crippen LogP contribution < -0.4 is 15.2 Å². The lowest BCUT2D eigenvalue weighted by Gasteiger charge is -2.32. The molecule has 0 saturated carbocycles. The molecule has 7 nitrogen and oxygen atoms in total. The van der Waals surface area contributed by atoms with Gasteiger partial charge in [0.25, 0.3) is 5.56 Å². The predicted molar refractivity (Wildman–Crippen MR) is 102 cm³/mol. The zero-order chi connectivity index (χ0) is 18.1. The number of pyridine rings is 1. The minimum absolute atomic E-state index is 0.182. The summed E-state index contributed by atoms with van der Waals surface area (Å²) in [6, 6.07) is 9.46. The Morgan fingerprint density at radius 3 is 2.62 bits per heavy atom. The number of piperazine rings is 1. The first-order valence-corrected chi connectivity index (χ1v) is 8.63. The lowest BCUT2D eigenvalue weighted by atomic mass is 10.0. The largest absolute Gasteiger partial charge is 0.496 e. The average Bonchev–Trinajstić information content (AvgIpc) is 2.68. The molecule has 134 valence electrons. The number of aromatic amines is 1. The van der Waals surface area contributed by atoms with E-state index in [0.29, 0.717) is 22.7 Å². The normalized spacial score (nSPS) is 15.4. The number of aromatic nitrogens is 3. The Morgan fingerprint density at radius 2 is 1.85 bits per heavy atom.